The fourth-order valence-corrected chi connectivity index (χ4v) is 2.53. The molecule has 0 spiro atoms. The second-order valence-corrected chi connectivity index (χ2v) is 5.73. The zero-order chi connectivity index (χ0) is 14.4. The fraction of sp³-hybridized carbons (Fsp3) is 0.438. The Hall–Kier alpha value is -1.32. The molecule has 0 fully saturated rings. The number of aryl methyl sites for hydroxylation is 1. The van der Waals surface area contributed by atoms with Crippen molar-refractivity contribution in [1.82, 2.24) is 5.32 Å². The molecule has 1 aromatic rings. The standard InChI is InChI=1S/C16H21ClN2O/c1-12-7-8-14(17)9-15(12)19-16(20)11-18-10-13-5-3-2-4-6-13/h2-3,7-9,13,18H,4-6,10-11H2,1H3,(H,19,20). The maximum atomic E-state index is 11.9. The monoisotopic (exact) mass is 292 g/mol. The normalized spacial score (nSPS) is 18.0. The quantitative estimate of drug-likeness (QED) is 0.815. The van der Waals surface area contributed by atoms with Crippen LogP contribution in [0.15, 0.2) is 30.4 Å². The van der Waals surface area contributed by atoms with Crippen molar-refractivity contribution in [3.8, 4) is 0 Å². The Morgan fingerprint density at radius 1 is 1.40 bits per heavy atom. The van der Waals surface area contributed by atoms with Crippen molar-refractivity contribution in [1.29, 1.82) is 0 Å². The van der Waals surface area contributed by atoms with Crippen LogP contribution in [0.4, 0.5) is 5.69 Å². The second-order valence-electron chi connectivity index (χ2n) is 5.29. The van der Waals surface area contributed by atoms with Crippen LogP contribution >= 0.6 is 11.6 Å². The summed E-state index contributed by atoms with van der Waals surface area (Å²) in [6.07, 6.45) is 7.93. The Labute approximate surface area is 125 Å². The van der Waals surface area contributed by atoms with Crippen molar-refractivity contribution in [3.05, 3.63) is 40.9 Å². The number of rotatable bonds is 5. The SMILES string of the molecule is Cc1ccc(Cl)cc1NC(=O)CNCC1CC=CCC1. The van der Waals surface area contributed by atoms with E-state index in [2.05, 4.69) is 22.8 Å². The molecule has 108 valence electrons. The van der Waals surface area contributed by atoms with Gasteiger partial charge in [0.1, 0.15) is 0 Å². The Balaban J connectivity index is 1.75. The molecule has 1 aliphatic rings. The third-order valence-corrected chi connectivity index (χ3v) is 3.81. The molecule has 20 heavy (non-hydrogen) atoms. The van der Waals surface area contributed by atoms with Crippen LogP contribution in [0.1, 0.15) is 24.8 Å². The highest BCUT2D eigenvalue weighted by atomic mass is 35.5. The van der Waals surface area contributed by atoms with E-state index in [1.807, 2.05) is 19.1 Å². The van der Waals surface area contributed by atoms with Crippen molar-refractivity contribution in [3.63, 3.8) is 0 Å². The van der Waals surface area contributed by atoms with E-state index in [0.29, 0.717) is 17.5 Å². The van der Waals surface area contributed by atoms with Crippen LogP contribution < -0.4 is 10.6 Å². The highest BCUT2D eigenvalue weighted by Crippen LogP contribution is 2.20. The number of benzene rings is 1. The molecule has 2 N–H and O–H groups in total. The predicted molar refractivity (Wildman–Crippen MR) is 84.2 cm³/mol. The van der Waals surface area contributed by atoms with Gasteiger partial charge in [0, 0.05) is 10.7 Å². The average Bonchev–Trinajstić information content (AvgIpc) is 2.44. The van der Waals surface area contributed by atoms with Gasteiger partial charge >= 0.3 is 0 Å². The number of anilines is 1. The minimum Gasteiger partial charge on any atom is -0.325 e. The predicted octanol–water partition coefficient (Wildman–Crippen LogP) is 3.53. The van der Waals surface area contributed by atoms with E-state index < -0.39 is 0 Å². The summed E-state index contributed by atoms with van der Waals surface area (Å²) in [5.41, 5.74) is 1.80. The van der Waals surface area contributed by atoms with Crippen LogP contribution in [0.3, 0.4) is 0 Å². The number of hydrogen-bond donors (Lipinski definition) is 2. The average molecular weight is 293 g/mol. The Bertz CT molecular complexity index is 499. The molecule has 0 saturated carbocycles. The van der Waals surface area contributed by atoms with Gasteiger partial charge in [-0.1, -0.05) is 29.8 Å². The van der Waals surface area contributed by atoms with Gasteiger partial charge < -0.3 is 10.6 Å². The lowest BCUT2D eigenvalue weighted by atomic mass is 9.94. The first-order chi connectivity index (χ1) is 9.65. The van der Waals surface area contributed by atoms with Crippen molar-refractivity contribution >= 4 is 23.2 Å². The second kappa shape index (κ2) is 7.46. The lowest BCUT2D eigenvalue weighted by molar-refractivity contribution is -0.115. The van der Waals surface area contributed by atoms with Crippen LogP contribution in [0, 0.1) is 12.8 Å². The fourth-order valence-electron chi connectivity index (χ4n) is 2.35. The van der Waals surface area contributed by atoms with E-state index in [9.17, 15) is 4.79 Å². The molecule has 1 aromatic carbocycles. The summed E-state index contributed by atoms with van der Waals surface area (Å²) in [6.45, 7) is 3.19. The van der Waals surface area contributed by atoms with Crippen LogP contribution in [0.5, 0.6) is 0 Å². The molecule has 1 aliphatic carbocycles. The van der Waals surface area contributed by atoms with Crippen LogP contribution in [-0.2, 0) is 4.79 Å². The molecule has 1 amide bonds. The van der Waals surface area contributed by atoms with Crippen molar-refractivity contribution in [2.24, 2.45) is 5.92 Å². The zero-order valence-corrected chi connectivity index (χ0v) is 12.5. The van der Waals surface area contributed by atoms with Crippen molar-refractivity contribution in [2.45, 2.75) is 26.2 Å². The minimum absolute atomic E-state index is 0.0262. The van der Waals surface area contributed by atoms with E-state index in [1.165, 1.54) is 6.42 Å². The van der Waals surface area contributed by atoms with E-state index in [1.54, 1.807) is 6.07 Å². The lowest BCUT2D eigenvalue weighted by Gasteiger charge is -2.18. The topological polar surface area (TPSA) is 41.1 Å². The molecule has 0 saturated heterocycles. The molecule has 0 aromatic heterocycles. The number of carbonyl (C=O) groups excluding carboxylic acids is 1. The minimum atomic E-state index is -0.0262. The molecule has 0 heterocycles. The van der Waals surface area contributed by atoms with Crippen LogP contribution in [0.25, 0.3) is 0 Å². The number of amides is 1. The van der Waals surface area contributed by atoms with E-state index >= 15 is 0 Å². The van der Waals surface area contributed by atoms with E-state index in [0.717, 1.165) is 30.6 Å². The maximum absolute atomic E-state index is 11.9. The summed E-state index contributed by atoms with van der Waals surface area (Å²) in [5.74, 6) is 0.627. The molecular formula is C16H21ClN2O. The van der Waals surface area contributed by atoms with Gasteiger partial charge in [-0.3, -0.25) is 4.79 Å². The van der Waals surface area contributed by atoms with Gasteiger partial charge in [0.2, 0.25) is 5.91 Å². The molecule has 0 bridgehead atoms. The first-order valence-corrected chi connectivity index (χ1v) is 7.44. The Kier molecular flexibility index (Phi) is 5.62. The number of carbonyl (C=O) groups is 1. The molecule has 1 unspecified atom stereocenters. The van der Waals surface area contributed by atoms with Gasteiger partial charge in [0.15, 0.2) is 0 Å². The smallest absolute Gasteiger partial charge is 0.238 e. The van der Waals surface area contributed by atoms with Gasteiger partial charge in [0.25, 0.3) is 0 Å². The number of hydrogen-bond acceptors (Lipinski definition) is 2. The molecule has 2 rings (SSSR count). The van der Waals surface area contributed by atoms with E-state index in [4.69, 9.17) is 11.6 Å². The van der Waals surface area contributed by atoms with Crippen molar-refractivity contribution < 1.29 is 4.79 Å². The van der Waals surface area contributed by atoms with Crippen molar-refractivity contribution in [2.75, 3.05) is 18.4 Å². The third-order valence-electron chi connectivity index (χ3n) is 3.57. The van der Waals surface area contributed by atoms with Crippen LogP contribution in [0.2, 0.25) is 5.02 Å². The summed E-state index contributed by atoms with van der Waals surface area (Å²) in [4.78, 5) is 11.9. The van der Waals surface area contributed by atoms with Gasteiger partial charge in [-0.15, -0.1) is 0 Å². The lowest BCUT2D eigenvalue weighted by Crippen LogP contribution is -2.32. The maximum Gasteiger partial charge on any atom is 0.238 e. The highest BCUT2D eigenvalue weighted by molar-refractivity contribution is 6.31. The zero-order valence-electron chi connectivity index (χ0n) is 11.8. The molecule has 0 aliphatic heterocycles. The van der Waals surface area contributed by atoms with Gasteiger partial charge in [0.05, 0.1) is 6.54 Å². The van der Waals surface area contributed by atoms with Gasteiger partial charge in [-0.25, -0.2) is 0 Å². The van der Waals surface area contributed by atoms with Crippen LogP contribution in [-0.4, -0.2) is 19.0 Å². The van der Waals surface area contributed by atoms with Gasteiger partial charge in [-0.2, -0.15) is 0 Å². The largest absolute Gasteiger partial charge is 0.325 e. The summed E-state index contributed by atoms with van der Waals surface area (Å²) < 4.78 is 0. The summed E-state index contributed by atoms with van der Waals surface area (Å²) >= 11 is 5.93. The van der Waals surface area contributed by atoms with Gasteiger partial charge in [-0.05, 0) is 56.3 Å². The Morgan fingerprint density at radius 2 is 2.25 bits per heavy atom. The molecule has 0 radical (unpaired) electrons. The third kappa shape index (κ3) is 4.66. The summed E-state index contributed by atoms with van der Waals surface area (Å²) in [7, 11) is 0. The number of nitrogens with one attached hydrogen (secondary N) is 2. The first-order valence-electron chi connectivity index (χ1n) is 7.07. The number of halogens is 1. The molecule has 4 heteroatoms. The molecule has 3 nitrogen and oxygen atoms in total. The molecular weight excluding hydrogens is 272 g/mol. The summed E-state index contributed by atoms with van der Waals surface area (Å²) in [5, 5.41) is 6.75. The summed E-state index contributed by atoms with van der Waals surface area (Å²) in [6, 6.07) is 5.50. The number of allylic oxidation sites excluding steroid dienone is 2. The highest BCUT2D eigenvalue weighted by Gasteiger charge is 2.10. The van der Waals surface area contributed by atoms with E-state index in [-0.39, 0.29) is 5.91 Å². The molecule has 1 atom stereocenters. The Morgan fingerprint density at radius 3 is 3.00 bits per heavy atom. The first kappa shape index (κ1) is 15.1.